The van der Waals surface area contributed by atoms with E-state index >= 15 is 0 Å². The molecule has 6 heteroatoms. The van der Waals surface area contributed by atoms with Crippen molar-refractivity contribution in [2.75, 3.05) is 26.4 Å². The molecule has 6 nitrogen and oxygen atoms in total. The predicted octanol–water partition coefficient (Wildman–Crippen LogP) is 2.02. The smallest absolute Gasteiger partial charge is 0.261 e. The largest absolute Gasteiger partial charge is 0.484 e. The molecule has 128 valence electrons. The fourth-order valence-corrected chi connectivity index (χ4v) is 3.16. The molecule has 1 atom stereocenters. The van der Waals surface area contributed by atoms with Gasteiger partial charge in [0.25, 0.3) is 5.91 Å². The van der Waals surface area contributed by atoms with Crippen molar-refractivity contribution in [3.05, 3.63) is 47.3 Å². The molecule has 1 aromatic carbocycles. The molecule has 1 aliphatic heterocycles. The van der Waals surface area contributed by atoms with Crippen molar-refractivity contribution in [1.82, 2.24) is 14.7 Å². The zero-order chi connectivity index (χ0) is 17.1. The van der Waals surface area contributed by atoms with Crippen LogP contribution in [0.4, 0.5) is 0 Å². The van der Waals surface area contributed by atoms with E-state index in [4.69, 9.17) is 9.47 Å². The molecule has 3 rings (SSSR count). The second kappa shape index (κ2) is 7.05. The van der Waals surface area contributed by atoms with Crippen molar-refractivity contribution in [2.45, 2.75) is 19.9 Å². The molecular weight excluding hydrogens is 306 g/mol. The molecule has 0 spiro atoms. The Morgan fingerprint density at radius 3 is 2.75 bits per heavy atom. The Morgan fingerprint density at radius 1 is 1.33 bits per heavy atom. The van der Waals surface area contributed by atoms with Gasteiger partial charge in [-0.25, -0.2) is 0 Å². The zero-order valence-corrected chi connectivity index (χ0v) is 14.4. The number of ether oxygens (including phenoxy) is 2. The maximum atomic E-state index is 12.7. The van der Waals surface area contributed by atoms with Gasteiger partial charge in [0.05, 0.1) is 24.9 Å². The first-order chi connectivity index (χ1) is 11.6. The molecule has 2 heterocycles. The van der Waals surface area contributed by atoms with Crippen molar-refractivity contribution >= 4 is 5.91 Å². The number of nitrogens with zero attached hydrogens (tertiary/aromatic N) is 3. The van der Waals surface area contributed by atoms with Crippen molar-refractivity contribution in [3.63, 3.8) is 0 Å². The second-order valence-corrected chi connectivity index (χ2v) is 5.99. The number of carbonyl (C=O) groups is 1. The van der Waals surface area contributed by atoms with E-state index in [0.717, 1.165) is 17.0 Å². The molecule has 2 aromatic rings. The maximum Gasteiger partial charge on any atom is 0.261 e. The van der Waals surface area contributed by atoms with Crippen LogP contribution < -0.4 is 4.74 Å². The van der Waals surface area contributed by atoms with E-state index in [9.17, 15) is 4.79 Å². The third kappa shape index (κ3) is 3.28. The topological polar surface area (TPSA) is 56.6 Å². The van der Waals surface area contributed by atoms with Crippen molar-refractivity contribution in [2.24, 2.45) is 7.05 Å². The van der Waals surface area contributed by atoms with Gasteiger partial charge < -0.3 is 14.4 Å². The van der Waals surface area contributed by atoms with Gasteiger partial charge in [-0.1, -0.05) is 18.2 Å². The summed E-state index contributed by atoms with van der Waals surface area (Å²) in [5.41, 5.74) is 3.07. The summed E-state index contributed by atoms with van der Waals surface area (Å²) < 4.78 is 13.1. The van der Waals surface area contributed by atoms with Crippen LogP contribution in [0.3, 0.4) is 0 Å². The maximum absolute atomic E-state index is 12.7. The van der Waals surface area contributed by atoms with Crippen LogP contribution in [0.25, 0.3) is 0 Å². The second-order valence-electron chi connectivity index (χ2n) is 5.99. The van der Waals surface area contributed by atoms with Crippen molar-refractivity contribution in [1.29, 1.82) is 0 Å². The molecule has 0 radical (unpaired) electrons. The summed E-state index contributed by atoms with van der Waals surface area (Å²) in [5, 5.41) is 4.47. The Bertz CT molecular complexity index is 712. The average molecular weight is 329 g/mol. The third-order valence-electron chi connectivity index (χ3n) is 4.45. The first-order valence-corrected chi connectivity index (χ1v) is 8.13. The molecule has 1 saturated heterocycles. The van der Waals surface area contributed by atoms with E-state index in [-0.39, 0.29) is 18.6 Å². The molecule has 0 bridgehead atoms. The summed E-state index contributed by atoms with van der Waals surface area (Å²) in [4.78, 5) is 14.6. The van der Waals surface area contributed by atoms with Crippen LogP contribution in [0.1, 0.15) is 23.0 Å². The molecule has 1 amide bonds. The van der Waals surface area contributed by atoms with E-state index in [2.05, 4.69) is 5.10 Å². The van der Waals surface area contributed by atoms with Crippen LogP contribution in [0, 0.1) is 13.8 Å². The van der Waals surface area contributed by atoms with E-state index in [1.54, 1.807) is 0 Å². The Labute approximate surface area is 142 Å². The average Bonchev–Trinajstić information content (AvgIpc) is 2.86. The Morgan fingerprint density at radius 2 is 2.08 bits per heavy atom. The number of amides is 1. The van der Waals surface area contributed by atoms with E-state index in [0.29, 0.717) is 25.5 Å². The number of benzene rings is 1. The number of morpholine rings is 1. The van der Waals surface area contributed by atoms with Crippen LogP contribution in [0.15, 0.2) is 30.3 Å². The highest BCUT2D eigenvalue weighted by Gasteiger charge is 2.32. The predicted molar refractivity (Wildman–Crippen MR) is 89.9 cm³/mol. The molecule has 1 aliphatic rings. The summed E-state index contributed by atoms with van der Waals surface area (Å²) in [6.07, 6.45) is 0. The fourth-order valence-electron chi connectivity index (χ4n) is 3.16. The number of rotatable bonds is 4. The minimum absolute atomic E-state index is 0.0267. The molecule has 0 aliphatic carbocycles. The van der Waals surface area contributed by atoms with Crippen LogP contribution >= 0.6 is 0 Å². The van der Waals surface area contributed by atoms with Gasteiger partial charge >= 0.3 is 0 Å². The fraction of sp³-hybridized carbons (Fsp3) is 0.444. The monoisotopic (exact) mass is 329 g/mol. The Hall–Kier alpha value is -2.34. The summed E-state index contributed by atoms with van der Waals surface area (Å²) in [5.74, 6) is 0.666. The Balaban J connectivity index is 1.75. The summed E-state index contributed by atoms with van der Waals surface area (Å²) >= 11 is 0. The minimum Gasteiger partial charge on any atom is -0.484 e. The van der Waals surface area contributed by atoms with Gasteiger partial charge in [0.1, 0.15) is 5.75 Å². The third-order valence-corrected chi connectivity index (χ3v) is 4.45. The van der Waals surface area contributed by atoms with Crippen LogP contribution in [0.2, 0.25) is 0 Å². The van der Waals surface area contributed by atoms with Gasteiger partial charge in [-0.05, 0) is 26.0 Å². The lowest BCUT2D eigenvalue weighted by Crippen LogP contribution is -2.45. The highest BCUT2D eigenvalue weighted by molar-refractivity contribution is 5.78. The van der Waals surface area contributed by atoms with Gasteiger partial charge in [0, 0.05) is 24.8 Å². The molecule has 1 fully saturated rings. The van der Waals surface area contributed by atoms with Gasteiger partial charge in [-0.2, -0.15) is 5.10 Å². The lowest BCUT2D eigenvalue weighted by molar-refractivity contribution is -0.142. The van der Waals surface area contributed by atoms with Gasteiger partial charge in [-0.15, -0.1) is 0 Å². The van der Waals surface area contributed by atoms with Gasteiger partial charge in [-0.3, -0.25) is 9.48 Å². The van der Waals surface area contributed by atoms with E-state index in [1.807, 2.05) is 60.8 Å². The van der Waals surface area contributed by atoms with Gasteiger partial charge in [0.2, 0.25) is 0 Å². The molecule has 1 aromatic heterocycles. The first kappa shape index (κ1) is 16.5. The van der Waals surface area contributed by atoms with Crippen LogP contribution in [-0.2, 0) is 16.6 Å². The van der Waals surface area contributed by atoms with Crippen molar-refractivity contribution < 1.29 is 14.3 Å². The SMILES string of the molecule is Cc1nn(C)c(C)c1[C@@H]1COCCN1C(=O)COc1ccccc1. The zero-order valence-electron chi connectivity index (χ0n) is 14.4. The molecule has 0 saturated carbocycles. The molecule has 0 unspecified atom stereocenters. The standard InChI is InChI=1S/C18H23N3O3/c1-13-18(14(2)20(3)19-13)16-11-23-10-9-21(16)17(22)12-24-15-7-5-4-6-8-15/h4-8,16H,9-12H2,1-3H3/t16-/m0/s1. The summed E-state index contributed by atoms with van der Waals surface area (Å²) in [6, 6.07) is 9.28. The molecule has 24 heavy (non-hydrogen) atoms. The minimum atomic E-state index is -0.112. The van der Waals surface area contributed by atoms with E-state index in [1.165, 1.54) is 0 Å². The lowest BCUT2D eigenvalue weighted by atomic mass is 10.0. The van der Waals surface area contributed by atoms with Crippen LogP contribution in [-0.4, -0.2) is 47.0 Å². The number of carbonyl (C=O) groups excluding carboxylic acids is 1. The van der Waals surface area contributed by atoms with Crippen LogP contribution in [0.5, 0.6) is 5.75 Å². The normalized spacial score (nSPS) is 17.8. The summed E-state index contributed by atoms with van der Waals surface area (Å²) in [7, 11) is 1.92. The van der Waals surface area contributed by atoms with Crippen molar-refractivity contribution in [3.8, 4) is 5.75 Å². The number of aromatic nitrogens is 2. The molecule has 0 N–H and O–H groups in total. The van der Waals surface area contributed by atoms with Gasteiger partial charge in [0.15, 0.2) is 6.61 Å². The first-order valence-electron chi connectivity index (χ1n) is 8.13. The summed E-state index contributed by atoms with van der Waals surface area (Å²) in [6.45, 7) is 5.62. The van der Waals surface area contributed by atoms with E-state index < -0.39 is 0 Å². The number of hydrogen-bond acceptors (Lipinski definition) is 4. The number of aryl methyl sites for hydroxylation is 2. The highest BCUT2D eigenvalue weighted by atomic mass is 16.5. The lowest BCUT2D eigenvalue weighted by Gasteiger charge is -2.36. The number of para-hydroxylation sites is 1. The molecular formula is C18H23N3O3. The Kier molecular flexibility index (Phi) is 4.85. The highest BCUT2D eigenvalue weighted by Crippen LogP contribution is 2.29. The number of hydrogen-bond donors (Lipinski definition) is 0. The quantitative estimate of drug-likeness (QED) is 0.861.